The summed E-state index contributed by atoms with van der Waals surface area (Å²) in [6.45, 7) is 4.74. The van der Waals surface area contributed by atoms with Gasteiger partial charge in [-0.3, -0.25) is 4.79 Å². The number of hydrogen-bond acceptors (Lipinski definition) is 5. The van der Waals surface area contributed by atoms with Gasteiger partial charge in [0, 0.05) is 37.3 Å². The van der Waals surface area contributed by atoms with Gasteiger partial charge in [0.15, 0.2) is 0 Å². The van der Waals surface area contributed by atoms with Gasteiger partial charge >= 0.3 is 0 Å². The van der Waals surface area contributed by atoms with Gasteiger partial charge in [0.1, 0.15) is 5.82 Å². The Bertz CT molecular complexity index is 1320. The number of nitrogens with one attached hydrogen (secondary N) is 1. The van der Waals surface area contributed by atoms with Gasteiger partial charge < -0.3 is 10.2 Å². The van der Waals surface area contributed by atoms with E-state index in [-0.39, 0.29) is 11.8 Å². The van der Waals surface area contributed by atoms with Crippen LogP contribution in [0.15, 0.2) is 59.5 Å². The zero-order valence-corrected chi connectivity index (χ0v) is 20.9. The van der Waals surface area contributed by atoms with Gasteiger partial charge in [0.05, 0.1) is 16.3 Å². The number of anilines is 2. The average molecular weight is 493 g/mol. The van der Waals surface area contributed by atoms with Crippen LogP contribution in [0.1, 0.15) is 38.2 Å². The molecule has 7 nitrogen and oxygen atoms in total. The Labute approximate surface area is 207 Å². The van der Waals surface area contributed by atoms with E-state index in [1.807, 2.05) is 36.4 Å². The Hall–Kier alpha value is -2.97. The second kappa shape index (κ2) is 9.95. The molecular weight excluding hydrogens is 460 g/mol. The van der Waals surface area contributed by atoms with E-state index >= 15 is 0 Å². The molecule has 2 aromatic carbocycles. The minimum atomic E-state index is -3.46. The first kappa shape index (κ1) is 23.8. The maximum atomic E-state index is 12.9. The Kier molecular flexibility index (Phi) is 6.75. The molecule has 2 aliphatic rings. The van der Waals surface area contributed by atoms with E-state index in [0.29, 0.717) is 24.5 Å². The van der Waals surface area contributed by atoms with Gasteiger partial charge in [-0.05, 0) is 80.1 Å². The number of nitrogens with zero attached hydrogens (tertiary/aromatic N) is 3. The molecule has 1 N–H and O–H groups in total. The van der Waals surface area contributed by atoms with Gasteiger partial charge in [-0.25, -0.2) is 13.4 Å². The fraction of sp³-hybridized carbons (Fsp3) is 0.407. The first-order valence-corrected chi connectivity index (χ1v) is 13.9. The third-order valence-corrected chi connectivity index (χ3v) is 8.99. The van der Waals surface area contributed by atoms with Crippen molar-refractivity contribution in [1.82, 2.24) is 9.29 Å². The van der Waals surface area contributed by atoms with Gasteiger partial charge in [0.2, 0.25) is 15.9 Å². The maximum Gasteiger partial charge on any atom is 0.243 e. The highest BCUT2D eigenvalue weighted by atomic mass is 32.2. The van der Waals surface area contributed by atoms with Gasteiger partial charge in [-0.1, -0.05) is 19.1 Å². The summed E-state index contributed by atoms with van der Waals surface area (Å²) in [6, 6.07) is 17.0. The van der Waals surface area contributed by atoms with Crippen LogP contribution in [0, 0.1) is 5.92 Å². The standard InChI is InChI=1S/C27H32N4O3S/c1-2-20-7-10-23(11-8-20)28-27(32)22-6-5-15-30(19-22)26-14-9-21-18-24(12-13-25(21)29-26)35(33,34)31-16-3-4-17-31/h7-14,18,22H,2-6,15-17,19H2,1H3,(H,28,32)/t22-/m0/s1. The van der Waals surface area contributed by atoms with Crippen molar-refractivity contribution in [3.8, 4) is 0 Å². The summed E-state index contributed by atoms with van der Waals surface area (Å²) < 4.78 is 27.4. The van der Waals surface area contributed by atoms with E-state index in [1.54, 1.807) is 22.5 Å². The molecule has 2 saturated heterocycles. The van der Waals surface area contributed by atoms with E-state index in [1.165, 1.54) is 5.56 Å². The van der Waals surface area contributed by atoms with Crippen LogP contribution in [0.3, 0.4) is 0 Å². The Morgan fingerprint density at radius 2 is 1.77 bits per heavy atom. The summed E-state index contributed by atoms with van der Waals surface area (Å²) in [4.78, 5) is 20.2. The number of hydrogen-bond donors (Lipinski definition) is 1. The highest BCUT2D eigenvalue weighted by molar-refractivity contribution is 7.89. The monoisotopic (exact) mass is 492 g/mol. The zero-order chi connectivity index (χ0) is 24.4. The van der Waals surface area contributed by atoms with Gasteiger partial charge in [0.25, 0.3) is 0 Å². The summed E-state index contributed by atoms with van der Waals surface area (Å²) >= 11 is 0. The number of pyridine rings is 1. The summed E-state index contributed by atoms with van der Waals surface area (Å²) in [5, 5.41) is 3.86. The van der Waals surface area contributed by atoms with Gasteiger partial charge in [-0.2, -0.15) is 4.31 Å². The van der Waals surface area contributed by atoms with E-state index < -0.39 is 10.0 Å². The van der Waals surface area contributed by atoms with Crippen LogP contribution in [-0.2, 0) is 21.2 Å². The fourth-order valence-electron chi connectivity index (χ4n) is 4.97. The number of benzene rings is 2. The number of carbonyl (C=O) groups is 1. The quantitative estimate of drug-likeness (QED) is 0.550. The molecule has 1 amide bonds. The van der Waals surface area contributed by atoms with Crippen LogP contribution in [0.5, 0.6) is 0 Å². The molecule has 3 heterocycles. The minimum Gasteiger partial charge on any atom is -0.356 e. The number of aryl methyl sites for hydroxylation is 1. The van der Waals surface area contributed by atoms with Crippen LogP contribution < -0.4 is 10.2 Å². The summed E-state index contributed by atoms with van der Waals surface area (Å²) in [5.74, 6) is 0.744. The highest BCUT2D eigenvalue weighted by Gasteiger charge is 2.28. The number of carbonyl (C=O) groups excluding carboxylic acids is 1. The summed E-state index contributed by atoms with van der Waals surface area (Å²) in [5.41, 5.74) is 2.83. The fourth-order valence-corrected chi connectivity index (χ4v) is 6.53. The van der Waals surface area contributed by atoms with Crippen LogP contribution in [0.2, 0.25) is 0 Å². The van der Waals surface area contributed by atoms with Crippen LogP contribution in [0.4, 0.5) is 11.5 Å². The molecule has 0 unspecified atom stereocenters. The molecule has 2 fully saturated rings. The van der Waals surface area contributed by atoms with Gasteiger partial charge in [-0.15, -0.1) is 0 Å². The van der Waals surface area contributed by atoms with Crippen molar-refractivity contribution < 1.29 is 13.2 Å². The molecule has 0 aliphatic carbocycles. The summed E-state index contributed by atoms with van der Waals surface area (Å²) in [6.07, 6.45) is 4.57. The molecule has 0 radical (unpaired) electrons. The Morgan fingerprint density at radius 1 is 1.00 bits per heavy atom. The van der Waals surface area contributed by atoms with Crippen molar-refractivity contribution in [3.05, 3.63) is 60.2 Å². The van der Waals surface area contributed by atoms with E-state index in [2.05, 4.69) is 17.1 Å². The van der Waals surface area contributed by atoms with Crippen LogP contribution in [-0.4, -0.2) is 49.8 Å². The number of piperidine rings is 1. The predicted octanol–water partition coefficient (Wildman–Crippen LogP) is 4.44. The lowest BCUT2D eigenvalue weighted by atomic mass is 9.97. The SMILES string of the molecule is CCc1ccc(NC(=O)[C@H]2CCCN(c3ccc4cc(S(=O)(=O)N5CCCC5)ccc4n3)C2)cc1. The van der Waals surface area contributed by atoms with E-state index in [9.17, 15) is 13.2 Å². The Balaban J connectivity index is 1.29. The topological polar surface area (TPSA) is 82.6 Å². The van der Waals surface area contributed by atoms with Crippen molar-refractivity contribution in [3.63, 3.8) is 0 Å². The molecular formula is C27H32N4O3S. The second-order valence-electron chi connectivity index (χ2n) is 9.46. The molecule has 1 atom stereocenters. The molecule has 35 heavy (non-hydrogen) atoms. The smallest absolute Gasteiger partial charge is 0.243 e. The molecule has 3 aromatic rings. The zero-order valence-electron chi connectivity index (χ0n) is 20.1. The Morgan fingerprint density at radius 3 is 2.51 bits per heavy atom. The third kappa shape index (κ3) is 5.04. The lowest BCUT2D eigenvalue weighted by molar-refractivity contribution is -0.120. The van der Waals surface area contributed by atoms with Crippen molar-refractivity contribution in [2.24, 2.45) is 5.92 Å². The number of fused-ring (bicyclic) bond motifs is 1. The molecule has 184 valence electrons. The first-order valence-electron chi connectivity index (χ1n) is 12.5. The first-order chi connectivity index (χ1) is 16.9. The lowest BCUT2D eigenvalue weighted by Gasteiger charge is -2.33. The normalized spacial score (nSPS) is 19.2. The maximum absolute atomic E-state index is 12.9. The molecule has 0 bridgehead atoms. The van der Waals surface area contributed by atoms with Crippen molar-refractivity contribution in [2.75, 3.05) is 36.4 Å². The second-order valence-corrected chi connectivity index (χ2v) is 11.4. The molecule has 5 rings (SSSR count). The average Bonchev–Trinajstić information content (AvgIpc) is 3.45. The van der Waals surface area contributed by atoms with Crippen molar-refractivity contribution >= 4 is 38.3 Å². The van der Waals surface area contributed by atoms with Crippen LogP contribution in [0.25, 0.3) is 10.9 Å². The third-order valence-electron chi connectivity index (χ3n) is 7.09. The number of amides is 1. The van der Waals surface area contributed by atoms with Crippen LogP contribution >= 0.6 is 0 Å². The number of aromatic nitrogens is 1. The molecule has 2 aliphatic heterocycles. The molecule has 1 aromatic heterocycles. The minimum absolute atomic E-state index is 0.0384. The van der Waals surface area contributed by atoms with E-state index in [4.69, 9.17) is 4.98 Å². The molecule has 0 saturated carbocycles. The summed E-state index contributed by atoms with van der Waals surface area (Å²) in [7, 11) is -3.46. The predicted molar refractivity (Wildman–Crippen MR) is 139 cm³/mol. The highest BCUT2D eigenvalue weighted by Crippen LogP contribution is 2.28. The molecule has 0 spiro atoms. The number of sulfonamides is 1. The van der Waals surface area contributed by atoms with Crippen molar-refractivity contribution in [1.29, 1.82) is 0 Å². The largest absolute Gasteiger partial charge is 0.356 e. The molecule has 8 heteroatoms. The number of rotatable bonds is 6. The van der Waals surface area contributed by atoms with E-state index in [0.717, 1.165) is 61.1 Å². The lowest BCUT2D eigenvalue weighted by Crippen LogP contribution is -2.41. The van der Waals surface area contributed by atoms with Crippen molar-refractivity contribution in [2.45, 2.75) is 43.9 Å².